The first-order valence-corrected chi connectivity index (χ1v) is 5.56. The maximum absolute atomic E-state index is 10.8. The van der Waals surface area contributed by atoms with Crippen LogP contribution >= 0.6 is 0 Å². The second-order valence-corrected chi connectivity index (χ2v) is 4.02. The summed E-state index contributed by atoms with van der Waals surface area (Å²) in [6, 6.07) is 17.7. The van der Waals surface area contributed by atoms with E-state index in [-0.39, 0.29) is 0 Å². The Balaban J connectivity index is 2.12. The number of benzene rings is 2. The molecule has 3 rings (SSSR count). The molecule has 0 bridgehead atoms. The molecule has 0 atom stereocenters. The number of hydrogen-bond donors (Lipinski definition) is 1. The summed E-state index contributed by atoms with van der Waals surface area (Å²) in [5, 5.41) is 10.0. The average molecular weight is 236 g/mol. The summed E-state index contributed by atoms with van der Waals surface area (Å²) in [7, 11) is 0. The van der Waals surface area contributed by atoms with Gasteiger partial charge in [-0.05, 0) is 47.9 Å². The Morgan fingerprint density at radius 2 is 1.89 bits per heavy atom. The smallest absolute Gasteiger partial charge is 0.335 e. The Kier molecular flexibility index (Phi) is 2.38. The van der Waals surface area contributed by atoms with Gasteiger partial charge in [0, 0.05) is 11.9 Å². The van der Waals surface area contributed by atoms with E-state index in [1.165, 1.54) is 0 Å². The molecule has 0 amide bonds. The summed E-state index contributed by atoms with van der Waals surface area (Å²) in [5.41, 5.74) is 2.29. The number of aromatic carboxylic acids is 1. The van der Waals surface area contributed by atoms with Crippen LogP contribution in [0.25, 0.3) is 16.6 Å². The zero-order valence-electron chi connectivity index (χ0n) is 9.50. The molecular weight excluding hydrogens is 226 g/mol. The van der Waals surface area contributed by atoms with Gasteiger partial charge in [-0.15, -0.1) is 0 Å². The normalized spacial score (nSPS) is 10.7. The van der Waals surface area contributed by atoms with Gasteiger partial charge in [-0.3, -0.25) is 0 Å². The van der Waals surface area contributed by atoms with Gasteiger partial charge in [0.15, 0.2) is 0 Å². The Morgan fingerprint density at radius 3 is 2.61 bits per heavy atom. The van der Waals surface area contributed by atoms with Crippen molar-refractivity contribution in [1.29, 1.82) is 0 Å². The molecule has 3 nitrogen and oxygen atoms in total. The topological polar surface area (TPSA) is 42.2 Å². The molecule has 0 aliphatic carbocycles. The van der Waals surface area contributed by atoms with Crippen LogP contribution in [0, 0.1) is 6.07 Å². The molecule has 18 heavy (non-hydrogen) atoms. The van der Waals surface area contributed by atoms with Crippen LogP contribution in [0.5, 0.6) is 0 Å². The minimum Gasteiger partial charge on any atom is -0.478 e. The van der Waals surface area contributed by atoms with Gasteiger partial charge in [0.2, 0.25) is 0 Å². The molecular formula is C15H10NO2. The molecule has 1 heterocycles. The van der Waals surface area contributed by atoms with E-state index in [2.05, 4.69) is 6.07 Å². The number of carboxylic acids is 1. The number of hydrogen-bond acceptors (Lipinski definition) is 1. The minimum absolute atomic E-state index is 0.293. The SMILES string of the molecule is O=C(O)c1ccc(-n2ccc3cc[c]cc32)cc1. The number of carboxylic acid groups (broad SMARTS) is 1. The van der Waals surface area contributed by atoms with Gasteiger partial charge < -0.3 is 9.67 Å². The molecule has 3 aromatic rings. The summed E-state index contributed by atoms with van der Waals surface area (Å²) in [6.07, 6.45) is 1.97. The lowest BCUT2D eigenvalue weighted by Gasteiger charge is -2.05. The lowest BCUT2D eigenvalue weighted by molar-refractivity contribution is 0.0697. The molecule has 1 aromatic heterocycles. The third kappa shape index (κ3) is 1.66. The van der Waals surface area contributed by atoms with Gasteiger partial charge in [-0.1, -0.05) is 12.1 Å². The third-order valence-corrected chi connectivity index (χ3v) is 2.93. The fraction of sp³-hybridized carbons (Fsp3) is 0. The number of aromatic nitrogens is 1. The standard InChI is InChI=1S/C15H10NO2/c17-15(18)12-5-7-13(8-6-12)16-10-9-11-3-1-2-4-14(11)16/h1,3-10H,(H,17,18). The maximum atomic E-state index is 10.8. The molecule has 0 unspecified atom stereocenters. The summed E-state index contributed by atoms with van der Waals surface area (Å²) in [5.74, 6) is -0.910. The van der Waals surface area contributed by atoms with Crippen molar-refractivity contribution in [2.75, 3.05) is 0 Å². The molecule has 2 aromatic carbocycles. The van der Waals surface area contributed by atoms with E-state index in [4.69, 9.17) is 5.11 Å². The van der Waals surface area contributed by atoms with Crippen LogP contribution in [-0.2, 0) is 0 Å². The van der Waals surface area contributed by atoms with E-state index in [1.807, 2.05) is 35.0 Å². The molecule has 87 valence electrons. The van der Waals surface area contributed by atoms with Gasteiger partial charge in [-0.25, -0.2) is 4.79 Å². The predicted octanol–water partition coefficient (Wildman–Crippen LogP) is 3.13. The number of rotatable bonds is 2. The highest BCUT2D eigenvalue weighted by Gasteiger charge is 2.05. The fourth-order valence-corrected chi connectivity index (χ4v) is 2.01. The highest BCUT2D eigenvalue weighted by molar-refractivity contribution is 5.88. The van der Waals surface area contributed by atoms with Crippen molar-refractivity contribution >= 4 is 16.9 Å². The van der Waals surface area contributed by atoms with Crippen molar-refractivity contribution < 1.29 is 9.90 Å². The molecule has 0 saturated carbocycles. The summed E-state index contributed by atoms with van der Waals surface area (Å²) < 4.78 is 2.01. The van der Waals surface area contributed by atoms with E-state index < -0.39 is 5.97 Å². The number of nitrogens with zero attached hydrogens (tertiary/aromatic N) is 1. The first kappa shape index (κ1) is 10.6. The molecule has 0 spiro atoms. The minimum atomic E-state index is -0.910. The largest absolute Gasteiger partial charge is 0.478 e. The molecule has 3 heteroatoms. The van der Waals surface area contributed by atoms with Gasteiger partial charge in [0.25, 0.3) is 0 Å². The molecule has 1 N–H and O–H groups in total. The summed E-state index contributed by atoms with van der Waals surface area (Å²) in [6.45, 7) is 0. The van der Waals surface area contributed by atoms with Crippen LogP contribution < -0.4 is 0 Å². The molecule has 0 aliphatic heterocycles. The lowest BCUT2D eigenvalue weighted by atomic mass is 10.2. The van der Waals surface area contributed by atoms with E-state index in [0.29, 0.717) is 5.56 Å². The first-order chi connectivity index (χ1) is 8.75. The van der Waals surface area contributed by atoms with Crippen molar-refractivity contribution in [3.63, 3.8) is 0 Å². The Bertz CT molecular complexity index is 711. The van der Waals surface area contributed by atoms with Crippen LogP contribution in [0.15, 0.2) is 54.7 Å². The molecule has 0 fully saturated rings. The second kappa shape index (κ2) is 4.04. The van der Waals surface area contributed by atoms with Crippen LogP contribution in [0.3, 0.4) is 0 Å². The quantitative estimate of drug-likeness (QED) is 0.742. The van der Waals surface area contributed by atoms with Gasteiger partial charge in [0.1, 0.15) is 0 Å². The lowest BCUT2D eigenvalue weighted by Crippen LogP contribution is -1.97. The number of fused-ring (bicyclic) bond motifs is 1. The molecule has 0 aliphatic rings. The van der Waals surface area contributed by atoms with Crippen molar-refractivity contribution in [3.05, 3.63) is 66.4 Å². The van der Waals surface area contributed by atoms with E-state index >= 15 is 0 Å². The average Bonchev–Trinajstić information content (AvgIpc) is 2.82. The highest BCUT2D eigenvalue weighted by atomic mass is 16.4. The Hall–Kier alpha value is -2.55. The van der Waals surface area contributed by atoms with Crippen molar-refractivity contribution in [2.45, 2.75) is 0 Å². The maximum Gasteiger partial charge on any atom is 0.335 e. The van der Waals surface area contributed by atoms with Gasteiger partial charge in [-0.2, -0.15) is 0 Å². The van der Waals surface area contributed by atoms with Crippen LogP contribution in [0.4, 0.5) is 0 Å². The van der Waals surface area contributed by atoms with Crippen LogP contribution in [0.2, 0.25) is 0 Å². The van der Waals surface area contributed by atoms with Gasteiger partial charge >= 0.3 is 5.97 Å². The van der Waals surface area contributed by atoms with E-state index in [0.717, 1.165) is 16.6 Å². The summed E-state index contributed by atoms with van der Waals surface area (Å²) >= 11 is 0. The van der Waals surface area contributed by atoms with E-state index in [9.17, 15) is 4.79 Å². The fourth-order valence-electron chi connectivity index (χ4n) is 2.01. The second-order valence-electron chi connectivity index (χ2n) is 4.02. The molecule has 0 saturated heterocycles. The monoisotopic (exact) mass is 236 g/mol. The highest BCUT2D eigenvalue weighted by Crippen LogP contribution is 2.20. The molecule has 1 radical (unpaired) electrons. The predicted molar refractivity (Wildman–Crippen MR) is 69.1 cm³/mol. The Morgan fingerprint density at radius 1 is 1.11 bits per heavy atom. The zero-order chi connectivity index (χ0) is 12.5. The van der Waals surface area contributed by atoms with Crippen molar-refractivity contribution in [1.82, 2.24) is 4.57 Å². The first-order valence-electron chi connectivity index (χ1n) is 5.56. The summed E-state index contributed by atoms with van der Waals surface area (Å²) in [4.78, 5) is 10.8. The van der Waals surface area contributed by atoms with Crippen molar-refractivity contribution in [2.24, 2.45) is 0 Å². The van der Waals surface area contributed by atoms with Gasteiger partial charge in [0.05, 0.1) is 11.1 Å². The zero-order valence-corrected chi connectivity index (χ0v) is 9.50. The third-order valence-electron chi connectivity index (χ3n) is 2.93. The van der Waals surface area contributed by atoms with E-state index in [1.54, 1.807) is 24.3 Å². The number of carbonyl (C=O) groups is 1. The van der Waals surface area contributed by atoms with Crippen LogP contribution in [-0.4, -0.2) is 15.6 Å². The van der Waals surface area contributed by atoms with Crippen LogP contribution in [0.1, 0.15) is 10.4 Å². The Labute approximate surface area is 104 Å². The van der Waals surface area contributed by atoms with Crippen molar-refractivity contribution in [3.8, 4) is 5.69 Å².